The maximum Gasteiger partial charge on any atom is 0.139 e. The Morgan fingerprint density at radius 3 is 2.90 bits per heavy atom. The second-order valence-electron chi connectivity index (χ2n) is 5.60. The zero-order valence-corrected chi connectivity index (χ0v) is 13.3. The van der Waals surface area contributed by atoms with Crippen LogP contribution in [0.4, 0.5) is 5.69 Å². The number of aromatic nitrogens is 1. The lowest BCUT2D eigenvalue weighted by molar-refractivity contribution is 0.222. The molecular formula is C16H28N4O. The zero-order chi connectivity index (χ0) is 15.1. The number of nitrogens with zero attached hydrogens (tertiary/aromatic N) is 3. The smallest absolute Gasteiger partial charge is 0.139 e. The van der Waals surface area contributed by atoms with Crippen LogP contribution in [0, 0.1) is 0 Å². The van der Waals surface area contributed by atoms with Gasteiger partial charge in [-0.1, -0.05) is 13.8 Å². The first kappa shape index (κ1) is 16.0. The van der Waals surface area contributed by atoms with E-state index in [4.69, 9.17) is 10.5 Å². The fraction of sp³-hybridized carbons (Fsp3) is 0.688. The summed E-state index contributed by atoms with van der Waals surface area (Å²) in [6, 6.07) is 2.35. The van der Waals surface area contributed by atoms with Crippen LogP contribution in [0.2, 0.25) is 0 Å². The number of anilines is 1. The van der Waals surface area contributed by atoms with Gasteiger partial charge in [0.05, 0.1) is 18.1 Å². The van der Waals surface area contributed by atoms with Crippen molar-refractivity contribution in [3.63, 3.8) is 0 Å². The quantitative estimate of drug-likeness (QED) is 0.829. The third-order valence-electron chi connectivity index (χ3n) is 4.09. The molecule has 0 bridgehead atoms. The van der Waals surface area contributed by atoms with Crippen molar-refractivity contribution in [3.8, 4) is 5.75 Å². The van der Waals surface area contributed by atoms with Crippen molar-refractivity contribution in [1.82, 2.24) is 9.88 Å². The normalized spacial score (nSPS) is 19.0. The van der Waals surface area contributed by atoms with Gasteiger partial charge in [0.2, 0.25) is 0 Å². The van der Waals surface area contributed by atoms with Crippen molar-refractivity contribution >= 4 is 5.69 Å². The van der Waals surface area contributed by atoms with E-state index in [2.05, 4.69) is 34.7 Å². The van der Waals surface area contributed by atoms with Gasteiger partial charge in [-0.25, -0.2) is 0 Å². The lowest BCUT2D eigenvalue weighted by Crippen LogP contribution is -2.42. The molecule has 0 spiro atoms. The number of likely N-dealkylation sites (N-methyl/N-ethyl adjacent to an activating group) is 1. The molecule has 1 fully saturated rings. The molecule has 118 valence electrons. The van der Waals surface area contributed by atoms with Crippen LogP contribution in [0.3, 0.4) is 0 Å². The van der Waals surface area contributed by atoms with Crippen LogP contribution in [0.1, 0.15) is 26.7 Å². The van der Waals surface area contributed by atoms with Crippen LogP contribution in [-0.2, 0) is 0 Å². The fourth-order valence-electron chi connectivity index (χ4n) is 2.74. The number of hydrogen-bond donors (Lipinski definition) is 1. The highest BCUT2D eigenvalue weighted by Gasteiger charge is 2.17. The molecule has 0 aliphatic carbocycles. The molecule has 1 aromatic rings. The Hall–Kier alpha value is -1.33. The molecule has 5 nitrogen and oxygen atoms in total. The molecule has 2 rings (SSSR count). The van der Waals surface area contributed by atoms with Gasteiger partial charge in [-0.05, 0) is 25.9 Å². The molecule has 2 N–H and O–H groups in total. The van der Waals surface area contributed by atoms with E-state index in [0.29, 0.717) is 6.61 Å². The van der Waals surface area contributed by atoms with Crippen LogP contribution in [0.5, 0.6) is 5.75 Å². The Labute approximate surface area is 128 Å². The topological polar surface area (TPSA) is 54.6 Å². The van der Waals surface area contributed by atoms with Gasteiger partial charge in [-0.3, -0.25) is 4.98 Å². The molecule has 0 saturated carbocycles. The van der Waals surface area contributed by atoms with E-state index in [9.17, 15) is 0 Å². The van der Waals surface area contributed by atoms with Gasteiger partial charge in [0.15, 0.2) is 0 Å². The van der Waals surface area contributed by atoms with E-state index in [0.717, 1.165) is 57.0 Å². The second kappa shape index (κ2) is 8.20. The molecule has 0 radical (unpaired) electrons. The van der Waals surface area contributed by atoms with Crippen molar-refractivity contribution in [3.05, 3.63) is 18.5 Å². The molecule has 21 heavy (non-hydrogen) atoms. The van der Waals surface area contributed by atoms with Gasteiger partial charge in [0, 0.05) is 31.7 Å². The van der Waals surface area contributed by atoms with Gasteiger partial charge in [0.25, 0.3) is 0 Å². The largest absolute Gasteiger partial charge is 0.491 e. The van der Waals surface area contributed by atoms with Crippen molar-refractivity contribution < 1.29 is 4.74 Å². The third-order valence-corrected chi connectivity index (χ3v) is 4.09. The Morgan fingerprint density at radius 1 is 1.38 bits per heavy atom. The van der Waals surface area contributed by atoms with Crippen LogP contribution in [0.15, 0.2) is 18.5 Å². The molecule has 0 aromatic carbocycles. The minimum Gasteiger partial charge on any atom is -0.491 e. The molecule has 1 unspecified atom stereocenters. The van der Waals surface area contributed by atoms with Gasteiger partial charge < -0.3 is 20.3 Å². The molecule has 1 atom stereocenters. The van der Waals surface area contributed by atoms with E-state index in [1.54, 1.807) is 6.20 Å². The number of piperidine rings is 1. The molecule has 1 aromatic heterocycles. The SMILES string of the molecule is CCN(CC)CCOc1cncc(N2CCCC(N)C2)c1. The summed E-state index contributed by atoms with van der Waals surface area (Å²) >= 11 is 0. The first-order valence-electron chi connectivity index (χ1n) is 8.03. The summed E-state index contributed by atoms with van der Waals surface area (Å²) in [7, 11) is 0. The second-order valence-corrected chi connectivity index (χ2v) is 5.60. The molecule has 2 heterocycles. The minimum atomic E-state index is 0.269. The van der Waals surface area contributed by atoms with E-state index in [1.165, 1.54) is 0 Å². The summed E-state index contributed by atoms with van der Waals surface area (Å²) in [6.45, 7) is 10.1. The summed E-state index contributed by atoms with van der Waals surface area (Å²) in [4.78, 5) is 8.95. The molecule has 5 heteroatoms. The van der Waals surface area contributed by atoms with E-state index >= 15 is 0 Å². The first-order chi connectivity index (χ1) is 10.2. The predicted octanol–water partition coefficient (Wildman–Crippen LogP) is 1.73. The van der Waals surface area contributed by atoms with Crippen molar-refractivity contribution in [2.75, 3.05) is 44.2 Å². The minimum absolute atomic E-state index is 0.269. The Bertz CT molecular complexity index is 422. The number of nitrogens with two attached hydrogens (primary N) is 1. The summed E-state index contributed by atoms with van der Waals surface area (Å²) in [5.41, 5.74) is 7.16. The Balaban J connectivity index is 1.88. The number of ether oxygens (including phenoxy) is 1. The third kappa shape index (κ3) is 4.86. The lowest BCUT2D eigenvalue weighted by Gasteiger charge is -2.32. The maximum atomic E-state index is 6.05. The van der Waals surface area contributed by atoms with Crippen LogP contribution >= 0.6 is 0 Å². The fourth-order valence-corrected chi connectivity index (χ4v) is 2.74. The monoisotopic (exact) mass is 292 g/mol. The summed E-state index contributed by atoms with van der Waals surface area (Å²) in [5, 5.41) is 0. The van der Waals surface area contributed by atoms with Gasteiger partial charge in [-0.15, -0.1) is 0 Å². The summed E-state index contributed by atoms with van der Waals surface area (Å²) < 4.78 is 5.84. The number of rotatable bonds is 7. The van der Waals surface area contributed by atoms with Crippen molar-refractivity contribution in [2.24, 2.45) is 5.73 Å². The lowest BCUT2D eigenvalue weighted by atomic mass is 10.1. The highest BCUT2D eigenvalue weighted by Crippen LogP contribution is 2.22. The van der Waals surface area contributed by atoms with Crippen LogP contribution in [0.25, 0.3) is 0 Å². The Morgan fingerprint density at radius 2 is 2.19 bits per heavy atom. The van der Waals surface area contributed by atoms with Gasteiger partial charge >= 0.3 is 0 Å². The van der Waals surface area contributed by atoms with Gasteiger partial charge in [-0.2, -0.15) is 0 Å². The first-order valence-corrected chi connectivity index (χ1v) is 8.03. The average Bonchev–Trinajstić information content (AvgIpc) is 2.52. The maximum absolute atomic E-state index is 6.05. The molecular weight excluding hydrogens is 264 g/mol. The average molecular weight is 292 g/mol. The van der Waals surface area contributed by atoms with E-state index in [1.807, 2.05) is 6.20 Å². The summed E-state index contributed by atoms with van der Waals surface area (Å²) in [5.74, 6) is 0.846. The van der Waals surface area contributed by atoms with E-state index < -0.39 is 0 Å². The summed E-state index contributed by atoms with van der Waals surface area (Å²) in [6.07, 6.45) is 5.95. The highest BCUT2D eigenvalue weighted by molar-refractivity contribution is 5.48. The molecule has 0 amide bonds. The molecule has 1 aliphatic rings. The number of hydrogen-bond acceptors (Lipinski definition) is 5. The van der Waals surface area contributed by atoms with E-state index in [-0.39, 0.29) is 6.04 Å². The standard InChI is InChI=1S/C16H28N4O/c1-3-19(4-2)8-9-21-16-10-15(11-18-12-16)20-7-5-6-14(17)13-20/h10-12,14H,3-9,13,17H2,1-2H3. The van der Waals surface area contributed by atoms with Crippen LogP contribution in [-0.4, -0.2) is 55.3 Å². The molecule has 1 aliphatic heterocycles. The Kier molecular flexibility index (Phi) is 6.26. The zero-order valence-electron chi connectivity index (χ0n) is 13.3. The molecule has 1 saturated heterocycles. The number of pyridine rings is 1. The van der Waals surface area contributed by atoms with Gasteiger partial charge in [0.1, 0.15) is 12.4 Å². The predicted molar refractivity (Wildman–Crippen MR) is 86.9 cm³/mol. The van der Waals surface area contributed by atoms with Crippen molar-refractivity contribution in [2.45, 2.75) is 32.7 Å². The van der Waals surface area contributed by atoms with Crippen LogP contribution < -0.4 is 15.4 Å². The highest BCUT2D eigenvalue weighted by atomic mass is 16.5. The van der Waals surface area contributed by atoms with Crippen molar-refractivity contribution in [1.29, 1.82) is 0 Å².